The van der Waals surface area contributed by atoms with Crippen molar-refractivity contribution in [1.29, 1.82) is 0 Å². The molecule has 3 aromatic rings. The molecule has 2 N–H and O–H groups in total. The first kappa shape index (κ1) is 20.4. The SMILES string of the molecule is C=CCNC(=NCc1nnc(C)n1C)NC(C)c1cc2cccc(OCC)c2o1. The highest BCUT2D eigenvalue weighted by Gasteiger charge is 2.16. The lowest BCUT2D eigenvalue weighted by Crippen LogP contribution is -2.38. The average molecular weight is 396 g/mol. The lowest BCUT2D eigenvalue weighted by molar-refractivity contribution is 0.336. The molecule has 0 fully saturated rings. The van der Waals surface area contributed by atoms with E-state index < -0.39 is 0 Å². The van der Waals surface area contributed by atoms with E-state index in [2.05, 4.69) is 32.4 Å². The Balaban J connectivity index is 1.78. The highest BCUT2D eigenvalue weighted by molar-refractivity contribution is 5.84. The number of hydrogen-bond donors (Lipinski definition) is 2. The molecule has 3 rings (SSSR count). The number of ether oxygens (including phenoxy) is 1. The van der Waals surface area contributed by atoms with Crippen LogP contribution in [0.15, 0.2) is 46.3 Å². The van der Waals surface area contributed by atoms with Crippen LogP contribution in [0.25, 0.3) is 11.0 Å². The zero-order valence-electron chi connectivity index (χ0n) is 17.4. The Bertz CT molecular complexity index is 1000. The van der Waals surface area contributed by atoms with Gasteiger partial charge in [0.15, 0.2) is 23.1 Å². The molecule has 154 valence electrons. The van der Waals surface area contributed by atoms with Crippen LogP contribution < -0.4 is 15.4 Å². The minimum atomic E-state index is -0.103. The van der Waals surface area contributed by atoms with Gasteiger partial charge in [-0.3, -0.25) is 0 Å². The van der Waals surface area contributed by atoms with Gasteiger partial charge in [0.1, 0.15) is 18.1 Å². The van der Waals surface area contributed by atoms with E-state index in [0.29, 0.717) is 25.7 Å². The fourth-order valence-corrected chi connectivity index (χ4v) is 2.87. The molecule has 0 saturated carbocycles. The van der Waals surface area contributed by atoms with E-state index >= 15 is 0 Å². The fourth-order valence-electron chi connectivity index (χ4n) is 2.87. The van der Waals surface area contributed by atoms with Crippen molar-refractivity contribution in [2.75, 3.05) is 13.2 Å². The lowest BCUT2D eigenvalue weighted by atomic mass is 10.2. The van der Waals surface area contributed by atoms with Crippen molar-refractivity contribution in [2.45, 2.75) is 33.4 Å². The summed E-state index contributed by atoms with van der Waals surface area (Å²) in [4.78, 5) is 4.63. The first-order valence-electron chi connectivity index (χ1n) is 9.69. The number of hydrogen-bond acceptors (Lipinski definition) is 5. The van der Waals surface area contributed by atoms with Crippen LogP contribution in [0.5, 0.6) is 5.75 Å². The van der Waals surface area contributed by atoms with Crippen LogP contribution in [0.4, 0.5) is 0 Å². The number of aryl methyl sites for hydroxylation is 1. The number of nitrogens with zero attached hydrogens (tertiary/aromatic N) is 4. The summed E-state index contributed by atoms with van der Waals surface area (Å²) in [6.45, 7) is 11.2. The van der Waals surface area contributed by atoms with Crippen LogP contribution in [0.1, 0.15) is 37.3 Å². The van der Waals surface area contributed by atoms with Gasteiger partial charge in [0.2, 0.25) is 0 Å². The monoisotopic (exact) mass is 396 g/mol. The highest BCUT2D eigenvalue weighted by Crippen LogP contribution is 2.31. The first-order chi connectivity index (χ1) is 14.0. The third kappa shape index (κ3) is 4.77. The Morgan fingerprint density at radius 1 is 1.41 bits per heavy atom. The molecule has 0 aliphatic rings. The molecule has 0 radical (unpaired) electrons. The largest absolute Gasteiger partial charge is 0.490 e. The molecule has 1 aromatic carbocycles. The van der Waals surface area contributed by atoms with Gasteiger partial charge in [-0.05, 0) is 32.9 Å². The Morgan fingerprint density at radius 3 is 2.93 bits per heavy atom. The van der Waals surface area contributed by atoms with Crippen LogP contribution in [0.3, 0.4) is 0 Å². The maximum atomic E-state index is 6.09. The third-order valence-corrected chi connectivity index (χ3v) is 4.58. The van der Waals surface area contributed by atoms with E-state index in [4.69, 9.17) is 9.15 Å². The minimum Gasteiger partial charge on any atom is -0.490 e. The second-order valence-corrected chi connectivity index (χ2v) is 6.68. The van der Waals surface area contributed by atoms with Crippen molar-refractivity contribution < 1.29 is 9.15 Å². The zero-order valence-corrected chi connectivity index (χ0v) is 17.4. The van der Waals surface area contributed by atoms with Crippen LogP contribution >= 0.6 is 0 Å². The number of aliphatic imine (C=N–C) groups is 1. The Kier molecular flexibility index (Phi) is 6.54. The molecule has 0 bridgehead atoms. The van der Waals surface area contributed by atoms with E-state index in [9.17, 15) is 0 Å². The van der Waals surface area contributed by atoms with Gasteiger partial charge in [-0.25, -0.2) is 4.99 Å². The van der Waals surface area contributed by atoms with Gasteiger partial charge < -0.3 is 24.4 Å². The van der Waals surface area contributed by atoms with Gasteiger partial charge in [0.05, 0.1) is 12.6 Å². The molecule has 2 aromatic heterocycles. The highest BCUT2D eigenvalue weighted by atomic mass is 16.5. The van der Waals surface area contributed by atoms with Crippen LogP contribution in [0, 0.1) is 6.92 Å². The molecule has 2 heterocycles. The predicted molar refractivity (Wildman–Crippen MR) is 114 cm³/mol. The number of nitrogens with one attached hydrogen (secondary N) is 2. The van der Waals surface area contributed by atoms with E-state index in [1.54, 1.807) is 6.08 Å². The minimum absolute atomic E-state index is 0.103. The summed E-state index contributed by atoms with van der Waals surface area (Å²) < 4.78 is 13.7. The topological polar surface area (TPSA) is 89.5 Å². The molecule has 0 spiro atoms. The molecule has 0 aliphatic carbocycles. The smallest absolute Gasteiger partial charge is 0.192 e. The summed E-state index contributed by atoms with van der Waals surface area (Å²) in [5.74, 6) is 3.84. The summed E-state index contributed by atoms with van der Waals surface area (Å²) in [5.41, 5.74) is 0.755. The number of para-hydroxylation sites is 1. The van der Waals surface area contributed by atoms with Gasteiger partial charge in [-0.15, -0.1) is 16.8 Å². The summed E-state index contributed by atoms with van der Waals surface area (Å²) in [7, 11) is 1.93. The molecule has 1 unspecified atom stereocenters. The van der Waals surface area contributed by atoms with Crippen molar-refractivity contribution in [3.63, 3.8) is 0 Å². The van der Waals surface area contributed by atoms with Gasteiger partial charge in [-0.2, -0.15) is 0 Å². The number of benzene rings is 1. The number of furan rings is 1. The Labute approximate surface area is 170 Å². The third-order valence-electron chi connectivity index (χ3n) is 4.58. The normalized spacial score (nSPS) is 12.8. The zero-order chi connectivity index (χ0) is 20.8. The summed E-state index contributed by atoms with van der Waals surface area (Å²) >= 11 is 0. The molecule has 0 aliphatic heterocycles. The van der Waals surface area contributed by atoms with E-state index in [-0.39, 0.29) is 6.04 Å². The van der Waals surface area contributed by atoms with Crippen LogP contribution in [0.2, 0.25) is 0 Å². The quantitative estimate of drug-likeness (QED) is 0.345. The van der Waals surface area contributed by atoms with Crippen molar-refractivity contribution >= 4 is 16.9 Å². The number of rotatable bonds is 8. The van der Waals surface area contributed by atoms with Gasteiger partial charge in [0, 0.05) is 19.0 Å². The molecule has 8 heteroatoms. The predicted octanol–water partition coefficient (Wildman–Crippen LogP) is 3.25. The molecule has 0 saturated heterocycles. The summed E-state index contributed by atoms with van der Waals surface area (Å²) in [6, 6.07) is 7.81. The molecule has 1 atom stereocenters. The van der Waals surface area contributed by atoms with Gasteiger partial charge in [-0.1, -0.05) is 18.2 Å². The maximum Gasteiger partial charge on any atom is 0.192 e. The fraction of sp³-hybridized carbons (Fsp3) is 0.381. The van der Waals surface area contributed by atoms with E-state index in [1.165, 1.54) is 0 Å². The summed E-state index contributed by atoms with van der Waals surface area (Å²) in [5, 5.41) is 15.8. The second kappa shape index (κ2) is 9.27. The van der Waals surface area contributed by atoms with Crippen LogP contribution in [-0.4, -0.2) is 33.9 Å². The van der Waals surface area contributed by atoms with Crippen molar-refractivity contribution in [3.8, 4) is 5.75 Å². The van der Waals surface area contributed by atoms with E-state index in [1.807, 2.05) is 56.7 Å². The van der Waals surface area contributed by atoms with E-state index in [0.717, 1.165) is 34.1 Å². The molecule has 0 amide bonds. The summed E-state index contributed by atoms with van der Waals surface area (Å²) in [6.07, 6.45) is 1.78. The molecule has 8 nitrogen and oxygen atoms in total. The Morgan fingerprint density at radius 2 is 2.24 bits per heavy atom. The standard InChI is InChI=1S/C21H28N6O2/c1-6-11-22-21(23-13-19-26-25-15(4)27(19)5)24-14(3)18-12-16-9-8-10-17(28-7-2)20(16)29-18/h6,8-10,12,14H,1,7,11,13H2,2-5H3,(H2,22,23,24). The van der Waals surface area contributed by atoms with Gasteiger partial charge in [0.25, 0.3) is 0 Å². The van der Waals surface area contributed by atoms with Crippen LogP contribution in [-0.2, 0) is 13.6 Å². The van der Waals surface area contributed by atoms with Crippen molar-refractivity contribution in [1.82, 2.24) is 25.4 Å². The lowest BCUT2D eigenvalue weighted by Gasteiger charge is -2.16. The molecular weight excluding hydrogens is 368 g/mol. The molecule has 29 heavy (non-hydrogen) atoms. The average Bonchev–Trinajstić information content (AvgIpc) is 3.29. The first-order valence-corrected chi connectivity index (χ1v) is 9.69. The number of fused-ring (bicyclic) bond motifs is 1. The number of aromatic nitrogens is 3. The maximum absolute atomic E-state index is 6.09. The molecular formula is C21H28N6O2. The van der Waals surface area contributed by atoms with Gasteiger partial charge >= 0.3 is 0 Å². The second-order valence-electron chi connectivity index (χ2n) is 6.68. The van der Waals surface area contributed by atoms with Crippen molar-refractivity contribution in [3.05, 3.63) is 54.3 Å². The van der Waals surface area contributed by atoms with Crippen molar-refractivity contribution in [2.24, 2.45) is 12.0 Å². The Hall–Kier alpha value is -3.29. The number of guanidine groups is 1.